The molecule has 0 radical (unpaired) electrons. The molecule has 76 valence electrons. The number of fused-ring (bicyclic) bond motifs is 1. The highest BCUT2D eigenvalue weighted by molar-refractivity contribution is 7.78. The summed E-state index contributed by atoms with van der Waals surface area (Å²) in [4.78, 5) is 16.9. The predicted octanol–water partition coefficient (Wildman–Crippen LogP) is 1.95. The Balaban J connectivity index is 2.61. The number of aliphatic imine (C=N–C) groups is 1. The van der Waals surface area contributed by atoms with E-state index in [1.54, 1.807) is 13.1 Å². The molecular weight excluding hydrogens is 215 g/mol. The Morgan fingerprint density at radius 3 is 3.00 bits per heavy atom. The number of benzene rings is 1. The standard InChI is InChI=1S/C10H7FN2OS/c1-13-8-3-2-6(11)4-7(8)9(10(13)14)12-5-15/h2-4,9H,1H3. The van der Waals surface area contributed by atoms with Crippen molar-refractivity contribution in [3.8, 4) is 0 Å². The highest BCUT2D eigenvalue weighted by Gasteiger charge is 2.35. The van der Waals surface area contributed by atoms with Gasteiger partial charge in [-0.15, -0.1) is 0 Å². The number of halogens is 1. The lowest BCUT2D eigenvalue weighted by Gasteiger charge is -2.08. The average Bonchev–Trinajstić information content (AvgIpc) is 2.44. The minimum absolute atomic E-state index is 0.215. The van der Waals surface area contributed by atoms with Crippen molar-refractivity contribution in [2.75, 3.05) is 11.9 Å². The summed E-state index contributed by atoms with van der Waals surface area (Å²) in [5, 5.41) is 2.16. The zero-order valence-corrected chi connectivity index (χ0v) is 8.71. The second-order valence-electron chi connectivity index (χ2n) is 3.22. The molecule has 15 heavy (non-hydrogen) atoms. The number of carbonyl (C=O) groups is 1. The largest absolute Gasteiger partial charge is 0.313 e. The molecule has 0 aliphatic carbocycles. The highest BCUT2D eigenvalue weighted by Crippen LogP contribution is 2.37. The van der Waals surface area contributed by atoms with Crippen LogP contribution in [0.25, 0.3) is 0 Å². The number of amides is 1. The summed E-state index contributed by atoms with van der Waals surface area (Å²) in [7, 11) is 1.62. The third-order valence-corrected chi connectivity index (χ3v) is 2.50. The van der Waals surface area contributed by atoms with Gasteiger partial charge in [0.25, 0.3) is 5.91 Å². The van der Waals surface area contributed by atoms with Gasteiger partial charge in [0, 0.05) is 18.3 Å². The predicted molar refractivity (Wildman–Crippen MR) is 57.6 cm³/mol. The summed E-state index contributed by atoms with van der Waals surface area (Å²) in [5.41, 5.74) is 1.21. The Morgan fingerprint density at radius 2 is 2.33 bits per heavy atom. The molecule has 1 aromatic carbocycles. The van der Waals surface area contributed by atoms with E-state index in [1.807, 2.05) is 0 Å². The molecule has 1 aliphatic rings. The topological polar surface area (TPSA) is 32.7 Å². The second kappa shape index (κ2) is 3.53. The van der Waals surface area contributed by atoms with E-state index in [1.165, 1.54) is 17.0 Å². The Kier molecular flexibility index (Phi) is 2.34. The minimum Gasteiger partial charge on any atom is -0.313 e. The molecule has 1 unspecified atom stereocenters. The van der Waals surface area contributed by atoms with E-state index >= 15 is 0 Å². The van der Waals surface area contributed by atoms with Gasteiger partial charge in [0.2, 0.25) is 0 Å². The number of hydrogen-bond donors (Lipinski definition) is 0. The van der Waals surface area contributed by atoms with Crippen LogP contribution in [0.4, 0.5) is 10.1 Å². The van der Waals surface area contributed by atoms with Gasteiger partial charge < -0.3 is 4.90 Å². The summed E-state index contributed by atoms with van der Waals surface area (Å²) in [6.07, 6.45) is 0. The number of carbonyl (C=O) groups excluding carboxylic acids is 1. The number of isothiocyanates is 1. The van der Waals surface area contributed by atoms with Gasteiger partial charge in [-0.3, -0.25) is 4.79 Å². The normalized spacial score (nSPS) is 18.7. The number of rotatable bonds is 1. The van der Waals surface area contributed by atoms with Gasteiger partial charge in [0.05, 0.1) is 5.16 Å². The van der Waals surface area contributed by atoms with Gasteiger partial charge >= 0.3 is 0 Å². The smallest absolute Gasteiger partial charge is 0.257 e. The van der Waals surface area contributed by atoms with Crippen LogP contribution in [0, 0.1) is 5.82 Å². The van der Waals surface area contributed by atoms with Gasteiger partial charge in [-0.2, -0.15) is 0 Å². The number of nitrogens with zero attached hydrogens (tertiary/aromatic N) is 2. The fraction of sp³-hybridized carbons (Fsp3) is 0.200. The van der Waals surface area contributed by atoms with Gasteiger partial charge in [0.15, 0.2) is 6.04 Å². The lowest BCUT2D eigenvalue weighted by atomic mass is 10.1. The molecule has 1 aromatic rings. The Labute approximate surface area is 91.2 Å². The summed E-state index contributed by atoms with van der Waals surface area (Å²) in [6, 6.07) is 3.43. The number of hydrogen-bond acceptors (Lipinski definition) is 3. The van der Waals surface area contributed by atoms with Gasteiger partial charge in [-0.1, -0.05) is 0 Å². The molecule has 1 amide bonds. The van der Waals surface area contributed by atoms with E-state index in [0.717, 1.165) is 0 Å². The van der Waals surface area contributed by atoms with Crippen LogP contribution in [-0.2, 0) is 4.79 Å². The van der Waals surface area contributed by atoms with Gasteiger partial charge in [0.1, 0.15) is 5.82 Å². The molecule has 0 saturated heterocycles. The highest BCUT2D eigenvalue weighted by atomic mass is 32.1. The maximum atomic E-state index is 13.0. The molecule has 2 rings (SSSR count). The average molecular weight is 222 g/mol. The molecule has 1 atom stereocenters. The lowest BCUT2D eigenvalue weighted by molar-refractivity contribution is -0.118. The molecule has 0 N–H and O–H groups in total. The first-order chi connectivity index (χ1) is 7.15. The first-order valence-electron chi connectivity index (χ1n) is 4.29. The molecule has 0 spiro atoms. The molecule has 5 heteroatoms. The molecular formula is C10H7FN2OS. The number of thiocarbonyl (C=S) groups is 1. The first-order valence-corrected chi connectivity index (χ1v) is 4.70. The van der Waals surface area contributed by atoms with Crippen molar-refractivity contribution < 1.29 is 9.18 Å². The molecule has 1 heterocycles. The maximum absolute atomic E-state index is 13.0. The van der Waals surface area contributed by atoms with Gasteiger partial charge in [-0.25, -0.2) is 9.38 Å². The molecule has 1 aliphatic heterocycles. The fourth-order valence-corrected chi connectivity index (χ4v) is 1.77. The van der Waals surface area contributed by atoms with Crippen molar-refractivity contribution in [1.29, 1.82) is 0 Å². The van der Waals surface area contributed by atoms with Gasteiger partial charge in [-0.05, 0) is 30.4 Å². The SMILES string of the molecule is CN1C(=O)C(N=C=S)c2cc(F)ccc21. The minimum atomic E-state index is -0.738. The van der Waals surface area contributed by atoms with Crippen molar-refractivity contribution in [3.05, 3.63) is 29.6 Å². The Bertz CT molecular complexity index is 482. The van der Waals surface area contributed by atoms with E-state index in [2.05, 4.69) is 22.4 Å². The fourth-order valence-electron chi connectivity index (χ4n) is 1.66. The third-order valence-electron chi connectivity index (χ3n) is 2.39. The molecule has 0 fully saturated rings. The molecule has 3 nitrogen and oxygen atoms in total. The van der Waals surface area contributed by atoms with Crippen LogP contribution in [0.15, 0.2) is 23.2 Å². The monoisotopic (exact) mass is 222 g/mol. The summed E-state index contributed by atoms with van der Waals surface area (Å²) in [5.74, 6) is -0.602. The van der Waals surface area contributed by atoms with Crippen LogP contribution >= 0.6 is 12.2 Å². The van der Waals surface area contributed by atoms with E-state index in [0.29, 0.717) is 11.3 Å². The quantitative estimate of drug-likeness (QED) is 0.537. The van der Waals surface area contributed by atoms with Crippen molar-refractivity contribution in [1.82, 2.24) is 0 Å². The van der Waals surface area contributed by atoms with Crippen LogP contribution in [0.3, 0.4) is 0 Å². The second-order valence-corrected chi connectivity index (χ2v) is 3.41. The van der Waals surface area contributed by atoms with Crippen LogP contribution in [0.5, 0.6) is 0 Å². The van der Waals surface area contributed by atoms with Crippen molar-refractivity contribution in [2.45, 2.75) is 6.04 Å². The zero-order valence-electron chi connectivity index (χ0n) is 7.90. The summed E-state index contributed by atoms with van der Waals surface area (Å²) >= 11 is 4.46. The van der Waals surface area contributed by atoms with E-state index in [-0.39, 0.29) is 11.7 Å². The van der Waals surface area contributed by atoms with Crippen molar-refractivity contribution >= 4 is 29.0 Å². The molecule has 0 bridgehead atoms. The lowest BCUT2D eigenvalue weighted by Crippen LogP contribution is -2.23. The number of likely N-dealkylation sites (N-methyl/N-ethyl adjacent to an activating group) is 1. The van der Waals surface area contributed by atoms with E-state index in [4.69, 9.17) is 0 Å². The van der Waals surface area contributed by atoms with E-state index in [9.17, 15) is 9.18 Å². The van der Waals surface area contributed by atoms with Crippen molar-refractivity contribution in [2.24, 2.45) is 4.99 Å². The zero-order chi connectivity index (χ0) is 11.0. The first kappa shape index (κ1) is 9.96. The maximum Gasteiger partial charge on any atom is 0.257 e. The Morgan fingerprint density at radius 1 is 1.60 bits per heavy atom. The Hall–Kier alpha value is -1.58. The van der Waals surface area contributed by atoms with E-state index < -0.39 is 6.04 Å². The van der Waals surface area contributed by atoms with Crippen LogP contribution < -0.4 is 4.90 Å². The summed E-state index contributed by atoms with van der Waals surface area (Å²) < 4.78 is 13.0. The van der Waals surface area contributed by atoms with Crippen LogP contribution in [0.1, 0.15) is 11.6 Å². The van der Waals surface area contributed by atoms with Crippen LogP contribution in [-0.4, -0.2) is 18.1 Å². The van der Waals surface area contributed by atoms with Crippen LogP contribution in [0.2, 0.25) is 0 Å². The molecule has 0 saturated carbocycles. The molecule has 0 aromatic heterocycles. The number of anilines is 1. The third kappa shape index (κ3) is 1.46. The summed E-state index contributed by atoms with van der Waals surface area (Å²) in [6.45, 7) is 0. The van der Waals surface area contributed by atoms with Crippen molar-refractivity contribution in [3.63, 3.8) is 0 Å².